The van der Waals surface area contributed by atoms with Crippen molar-refractivity contribution in [3.05, 3.63) is 35.6 Å². The molecule has 0 radical (unpaired) electrons. The highest BCUT2D eigenvalue weighted by molar-refractivity contribution is 7.88. The van der Waals surface area contributed by atoms with Crippen LogP contribution in [0.15, 0.2) is 24.3 Å². The van der Waals surface area contributed by atoms with Crippen molar-refractivity contribution in [2.24, 2.45) is 11.8 Å². The molecule has 5 nitrogen and oxygen atoms in total. The number of sulfonamides is 1. The largest absolute Gasteiger partial charge is 0.342 e. The highest BCUT2D eigenvalue weighted by Crippen LogP contribution is 2.48. The van der Waals surface area contributed by atoms with Crippen LogP contribution in [0.25, 0.3) is 0 Å². The molecule has 0 unspecified atom stereocenters. The van der Waals surface area contributed by atoms with E-state index in [1.54, 1.807) is 12.1 Å². The molecule has 3 atom stereocenters. The lowest BCUT2D eigenvalue weighted by molar-refractivity contribution is -0.134. The van der Waals surface area contributed by atoms with Gasteiger partial charge in [0.15, 0.2) is 0 Å². The number of nitrogens with one attached hydrogen (secondary N) is 1. The fourth-order valence-electron chi connectivity index (χ4n) is 3.48. The SMILES string of the molecule is CS(=O)(=O)NC[C@@H]1CCCN(C(=O)[C@H]2C[C@H]2c2ccc(F)cc2)C1. The average Bonchev–Trinajstić information content (AvgIpc) is 3.33. The second-order valence-electron chi connectivity index (χ2n) is 6.91. The summed E-state index contributed by atoms with van der Waals surface area (Å²) in [6.07, 6.45) is 3.79. The van der Waals surface area contributed by atoms with Crippen molar-refractivity contribution in [3.63, 3.8) is 0 Å². The molecule has 1 saturated heterocycles. The Bertz CT molecular complexity index is 705. The molecule has 1 saturated carbocycles. The molecular formula is C17H23FN2O3S. The Hall–Kier alpha value is -1.47. The normalized spacial score (nSPS) is 27.1. The van der Waals surface area contributed by atoms with E-state index in [2.05, 4.69) is 4.72 Å². The van der Waals surface area contributed by atoms with Gasteiger partial charge in [-0.05, 0) is 48.8 Å². The fraction of sp³-hybridized carbons (Fsp3) is 0.588. The van der Waals surface area contributed by atoms with Crippen LogP contribution < -0.4 is 4.72 Å². The summed E-state index contributed by atoms with van der Waals surface area (Å²) in [5.41, 5.74) is 1.02. The lowest BCUT2D eigenvalue weighted by Crippen LogP contribution is -2.44. The molecule has 0 bridgehead atoms. The zero-order valence-electron chi connectivity index (χ0n) is 13.7. The van der Waals surface area contributed by atoms with E-state index < -0.39 is 10.0 Å². The second-order valence-corrected chi connectivity index (χ2v) is 8.75. The van der Waals surface area contributed by atoms with Gasteiger partial charge in [-0.2, -0.15) is 0 Å². The van der Waals surface area contributed by atoms with Crippen LogP contribution in [0.3, 0.4) is 0 Å². The number of hydrogen-bond acceptors (Lipinski definition) is 3. The molecule has 2 fully saturated rings. The van der Waals surface area contributed by atoms with Crippen molar-refractivity contribution in [3.8, 4) is 0 Å². The van der Waals surface area contributed by atoms with E-state index in [1.807, 2.05) is 4.90 Å². The molecule has 132 valence electrons. The number of piperidine rings is 1. The molecule has 2 aliphatic rings. The van der Waals surface area contributed by atoms with Gasteiger partial charge in [-0.1, -0.05) is 12.1 Å². The van der Waals surface area contributed by atoms with Gasteiger partial charge < -0.3 is 4.90 Å². The maximum atomic E-state index is 13.0. The monoisotopic (exact) mass is 354 g/mol. The lowest BCUT2D eigenvalue weighted by Gasteiger charge is -2.33. The molecule has 1 N–H and O–H groups in total. The Morgan fingerprint density at radius 3 is 2.71 bits per heavy atom. The van der Waals surface area contributed by atoms with Gasteiger partial charge in [0.05, 0.1) is 6.26 Å². The number of halogens is 1. The minimum Gasteiger partial charge on any atom is -0.342 e. The summed E-state index contributed by atoms with van der Waals surface area (Å²) in [4.78, 5) is 14.5. The highest BCUT2D eigenvalue weighted by Gasteiger charge is 2.46. The van der Waals surface area contributed by atoms with Crippen molar-refractivity contribution in [2.45, 2.75) is 25.2 Å². The number of likely N-dealkylation sites (tertiary alicyclic amines) is 1. The minimum atomic E-state index is -3.20. The number of carbonyl (C=O) groups is 1. The maximum absolute atomic E-state index is 13.0. The molecule has 3 rings (SSSR count). The van der Waals surface area contributed by atoms with Crippen molar-refractivity contribution in [1.82, 2.24) is 9.62 Å². The summed E-state index contributed by atoms with van der Waals surface area (Å²) in [5.74, 6) is 0.220. The van der Waals surface area contributed by atoms with Gasteiger partial charge in [-0.15, -0.1) is 0 Å². The third kappa shape index (κ3) is 4.33. The van der Waals surface area contributed by atoms with Crippen molar-refractivity contribution < 1.29 is 17.6 Å². The molecule has 1 aliphatic heterocycles. The van der Waals surface area contributed by atoms with E-state index in [1.165, 1.54) is 12.1 Å². The van der Waals surface area contributed by atoms with Crippen LogP contribution in [0.5, 0.6) is 0 Å². The van der Waals surface area contributed by atoms with Crippen LogP contribution in [-0.2, 0) is 14.8 Å². The molecule has 1 aliphatic carbocycles. The first-order valence-corrected chi connectivity index (χ1v) is 10.2. The van der Waals surface area contributed by atoms with Gasteiger partial charge in [-0.25, -0.2) is 17.5 Å². The predicted octanol–water partition coefficient (Wildman–Crippen LogP) is 1.72. The van der Waals surface area contributed by atoms with E-state index in [0.717, 1.165) is 37.6 Å². The lowest BCUT2D eigenvalue weighted by atomic mass is 9.97. The van der Waals surface area contributed by atoms with E-state index in [4.69, 9.17) is 0 Å². The third-order valence-corrected chi connectivity index (χ3v) is 5.56. The van der Waals surface area contributed by atoms with E-state index in [9.17, 15) is 17.6 Å². The molecule has 24 heavy (non-hydrogen) atoms. The van der Waals surface area contributed by atoms with E-state index >= 15 is 0 Å². The van der Waals surface area contributed by atoms with E-state index in [0.29, 0.717) is 13.1 Å². The topological polar surface area (TPSA) is 66.5 Å². The predicted molar refractivity (Wildman–Crippen MR) is 89.4 cm³/mol. The van der Waals surface area contributed by atoms with Crippen molar-refractivity contribution in [2.75, 3.05) is 25.9 Å². The van der Waals surface area contributed by atoms with Gasteiger partial charge in [0.1, 0.15) is 5.82 Å². The van der Waals surface area contributed by atoms with Crippen LogP contribution >= 0.6 is 0 Å². The van der Waals surface area contributed by atoms with Crippen LogP contribution in [0.1, 0.15) is 30.7 Å². The fourth-order valence-corrected chi connectivity index (χ4v) is 4.02. The summed E-state index contributed by atoms with van der Waals surface area (Å²) in [5, 5.41) is 0. The van der Waals surface area contributed by atoms with Crippen molar-refractivity contribution >= 4 is 15.9 Å². The third-order valence-electron chi connectivity index (χ3n) is 4.87. The molecular weight excluding hydrogens is 331 g/mol. The molecule has 1 heterocycles. The summed E-state index contributed by atoms with van der Waals surface area (Å²) >= 11 is 0. The van der Waals surface area contributed by atoms with Gasteiger partial charge in [0.25, 0.3) is 0 Å². The molecule has 0 aromatic heterocycles. The van der Waals surface area contributed by atoms with Crippen molar-refractivity contribution in [1.29, 1.82) is 0 Å². The first-order chi connectivity index (χ1) is 11.3. The zero-order chi connectivity index (χ0) is 17.3. The summed E-state index contributed by atoms with van der Waals surface area (Å²) in [6, 6.07) is 6.37. The zero-order valence-corrected chi connectivity index (χ0v) is 14.6. The average molecular weight is 354 g/mol. The van der Waals surface area contributed by atoms with Crippen LogP contribution in [0.2, 0.25) is 0 Å². The van der Waals surface area contributed by atoms with Crippen LogP contribution in [0.4, 0.5) is 4.39 Å². The molecule has 1 aromatic rings. The van der Waals surface area contributed by atoms with Crippen LogP contribution in [-0.4, -0.2) is 45.1 Å². The van der Waals surface area contributed by atoms with Gasteiger partial charge in [0.2, 0.25) is 15.9 Å². The van der Waals surface area contributed by atoms with E-state index in [-0.39, 0.29) is 29.5 Å². The number of rotatable bonds is 5. The summed E-state index contributed by atoms with van der Waals surface area (Å²) in [7, 11) is -3.20. The van der Waals surface area contributed by atoms with Gasteiger partial charge >= 0.3 is 0 Å². The smallest absolute Gasteiger partial charge is 0.226 e. The maximum Gasteiger partial charge on any atom is 0.226 e. The number of hydrogen-bond donors (Lipinski definition) is 1. The van der Waals surface area contributed by atoms with Gasteiger partial charge in [-0.3, -0.25) is 4.79 Å². The molecule has 1 amide bonds. The number of carbonyl (C=O) groups excluding carboxylic acids is 1. The highest BCUT2D eigenvalue weighted by atomic mass is 32.2. The summed E-state index contributed by atoms with van der Waals surface area (Å²) < 4.78 is 38.0. The Kier molecular flexibility index (Phi) is 4.92. The molecule has 1 aromatic carbocycles. The minimum absolute atomic E-state index is 0.0166. The first-order valence-electron chi connectivity index (χ1n) is 8.32. The van der Waals surface area contributed by atoms with Gasteiger partial charge in [0, 0.05) is 25.6 Å². The number of amides is 1. The Balaban J connectivity index is 1.55. The number of benzene rings is 1. The Labute approximate surface area is 142 Å². The first kappa shape index (κ1) is 17.4. The quantitative estimate of drug-likeness (QED) is 0.875. The van der Waals surface area contributed by atoms with Crippen LogP contribution in [0, 0.1) is 17.7 Å². The molecule has 7 heteroatoms. The number of nitrogens with zero attached hydrogens (tertiary/aromatic N) is 1. The second kappa shape index (κ2) is 6.80. The molecule has 0 spiro atoms. The Morgan fingerprint density at radius 2 is 2.04 bits per heavy atom. The summed E-state index contributed by atoms with van der Waals surface area (Å²) in [6.45, 7) is 1.73. The Morgan fingerprint density at radius 1 is 1.33 bits per heavy atom. The standard InChI is InChI=1S/C17H23FN2O3S/c1-24(22,23)19-10-12-3-2-8-20(11-12)17(21)16-9-15(16)13-4-6-14(18)7-5-13/h4-7,12,15-16,19H,2-3,8-11H2,1H3/t12-,15-,16-/m0/s1.